The third-order valence-corrected chi connectivity index (χ3v) is 1.99. The molecule has 9 heavy (non-hydrogen) atoms. The van der Waals surface area contributed by atoms with Crippen molar-refractivity contribution >= 4 is 10.2 Å². The van der Waals surface area contributed by atoms with Gasteiger partial charge < -0.3 is 11.1 Å². The molecule has 0 bridgehead atoms. The van der Waals surface area contributed by atoms with Crippen LogP contribution in [0.1, 0.15) is 12.8 Å². The van der Waals surface area contributed by atoms with Gasteiger partial charge in [0.25, 0.3) is 0 Å². The number of rotatable bonds is 6. The van der Waals surface area contributed by atoms with Crippen molar-refractivity contribution in [3.05, 3.63) is 0 Å². The van der Waals surface area contributed by atoms with Crippen LogP contribution in [0, 0.1) is 0 Å². The van der Waals surface area contributed by atoms with Gasteiger partial charge in [-0.2, -0.15) is 0 Å². The summed E-state index contributed by atoms with van der Waals surface area (Å²) in [6.07, 6.45) is 2.72. The van der Waals surface area contributed by atoms with Gasteiger partial charge >= 0.3 is 0 Å². The summed E-state index contributed by atoms with van der Waals surface area (Å²) in [5, 5.41) is 3.26. The SMILES string of the molecule is NCCNCCCC[SiH3]. The highest BCUT2D eigenvalue weighted by molar-refractivity contribution is 6.08. The maximum atomic E-state index is 5.29. The molecule has 0 unspecified atom stereocenters. The molecule has 0 atom stereocenters. The molecule has 0 aromatic carbocycles. The fraction of sp³-hybridized carbons (Fsp3) is 1.00. The van der Waals surface area contributed by atoms with E-state index in [9.17, 15) is 0 Å². The van der Waals surface area contributed by atoms with Crippen LogP contribution in [0.3, 0.4) is 0 Å². The van der Waals surface area contributed by atoms with Gasteiger partial charge in [0.05, 0.1) is 0 Å². The summed E-state index contributed by atoms with van der Waals surface area (Å²) in [4.78, 5) is 0. The fourth-order valence-corrected chi connectivity index (χ4v) is 1.23. The summed E-state index contributed by atoms with van der Waals surface area (Å²) < 4.78 is 0. The lowest BCUT2D eigenvalue weighted by molar-refractivity contribution is 0.645. The second kappa shape index (κ2) is 8.14. The summed E-state index contributed by atoms with van der Waals surface area (Å²) >= 11 is 0. The van der Waals surface area contributed by atoms with E-state index >= 15 is 0 Å². The van der Waals surface area contributed by atoms with Crippen LogP contribution >= 0.6 is 0 Å². The van der Waals surface area contributed by atoms with E-state index in [1.165, 1.54) is 29.1 Å². The average molecular weight is 146 g/mol. The lowest BCUT2D eigenvalue weighted by Gasteiger charge is -1.99. The van der Waals surface area contributed by atoms with Crippen molar-refractivity contribution in [3.63, 3.8) is 0 Å². The predicted octanol–water partition coefficient (Wildman–Crippen LogP) is -0.901. The van der Waals surface area contributed by atoms with E-state index in [4.69, 9.17) is 5.73 Å². The summed E-state index contributed by atoms with van der Waals surface area (Å²) in [5.41, 5.74) is 5.29. The van der Waals surface area contributed by atoms with Crippen molar-refractivity contribution in [3.8, 4) is 0 Å². The summed E-state index contributed by atoms with van der Waals surface area (Å²) in [7, 11) is 1.36. The van der Waals surface area contributed by atoms with E-state index < -0.39 is 0 Å². The fourth-order valence-electron chi connectivity index (χ4n) is 0.727. The molecule has 0 radical (unpaired) electrons. The smallest absolute Gasteiger partial charge is 0.00745 e. The van der Waals surface area contributed by atoms with E-state index in [-0.39, 0.29) is 0 Å². The zero-order valence-electron chi connectivity index (χ0n) is 6.32. The van der Waals surface area contributed by atoms with E-state index in [0.717, 1.165) is 19.6 Å². The molecular weight excluding hydrogens is 128 g/mol. The molecule has 0 rings (SSSR count). The van der Waals surface area contributed by atoms with Gasteiger partial charge in [0, 0.05) is 23.3 Å². The first kappa shape index (κ1) is 9.14. The van der Waals surface area contributed by atoms with Gasteiger partial charge in [-0.25, -0.2) is 0 Å². The molecule has 0 saturated heterocycles. The molecule has 0 aromatic heterocycles. The second-order valence-electron chi connectivity index (χ2n) is 2.25. The van der Waals surface area contributed by atoms with Crippen molar-refractivity contribution in [2.75, 3.05) is 19.6 Å². The number of nitrogens with one attached hydrogen (secondary N) is 1. The van der Waals surface area contributed by atoms with Crippen LogP contribution in [-0.2, 0) is 0 Å². The molecule has 3 heteroatoms. The second-order valence-corrected chi connectivity index (χ2v) is 3.25. The van der Waals surface area contributed by atoms with Crippen molar-refractivity contribution in [2.24, 2.45) is 5.73 Å². The Morgan fingerprint density at radius 1 is 1.22 bits per heavy atom. The molecule has 0 aliphatic heterocycles. The minimum absolute atomic E-state index is 0.765. The summed E-state index contributed by atoms with van der Waals surface area (Å²) in [6, 6.07) is 1.43. The Morgan fingerprint density at radius 2 is 2.00 bits per heavy atom. The van der Waals surface area contributed by atoms with E-state index in [2.05, 4.69) is 5.32 Å². The van der Waals surface area contributed by atoms with Crippen molar-refractivity contribution in [1.82, 2.24) is 5.32 Å². The normalized spacial score (nSPS) is 10.3. The predicted molar refractivity (Wildman–Crippen MR) is 45.9 cm³/mol. The van der Waals surface area contributed by atoms with Crippen LogP contribution in [0.4, 0.5) is 0 Å². The third kappa shape index (κ3) is 8.14. The molecule has 0 aromatic rings. The van der Waals surface area contributed by atoms with Crippen LogP contribution in [0.15, 0.2) is 0 Å². The standard InChI is InChI=1S/C6H18N2Si/c7-3-5-8-4-1-2-6-9/h8H,1-7H2,9H3. The highest BCUT2D eigenvalue weighted by atomic mass is 28.1. The minimum atomic E-state index is 0.765. The Morgan fingerprint density at radius 3 is 2.56 bits per heavy atom. The zero-order valence-corrected chi connectivity index (χ0v) is 8.32. The average Bonchev–Trinajstić information content (AvgIpc) is 1.89. The molecule has 0 heterocycles. The summed E-state index contributed by atoms with van der Waals surface area (Å²) in [5.74, 6) is 0. The van der Waals surface area contributed by atoms with Gasteiger partial charge in [-0.15, -0.1) is 0 Å². The summed E-state index contributed by atoms with van der Waals surface area (Å²) in [6.45, 7) is 2.89. The first-order valence-corrected chi connectivity index (χ1v) is 5.24. The van der Waals surface area contributed by atoms with E-state index in [0.29, 0.717) is 0 Å². The molecule has 0 aliphatic rings. The van der Waals surface area contributed by atoms with Crippen LogP contribution in [-0.4, -0.2) is 29.9 Å². The molecule has 0 fully saturated rings. The van der Waals surface area contributed by atoms with Gasteiger partial charge in [-0.05, 0) is 13.0 Å². The molecular formula is C6H18N2Si. The van der Waals surface area contributed by atoms with Gasteiger partial charge in [-0.1, -0.05) is 12.5 Å². The molecule has 2 nitrogen and oxygen atoms in total. The Bertz CT molecular complexity index is 44.3. The quantitative estimate of drug-likeness (QED) is 0.376. The zero-order chi connectivity index (χ0) is 6.95. The van der Waals surface area contributed by atoms with Crippen molar-refractivity contribution < 1.29 is 0 Å². The maximum Gasteiger partial charge on any atom is 0.00745 e. The van der Waals surface area contributed by atoms with Crippen molar-refractivity contribution in [1.29, 1.82) is 0 Å². The lowest BCUT2D eigenvalue weighted by atomic mass is 10.3. The molecule has 3 N–H and O–H groups in total. The molecule has 0 aliphatic carbocycles. The van der Waals surface area contributed by atoms with Crippen LogP contribution in [0.25, 0.3) is 0 Å². The van der Waals surface area contributed by atoms with Gasteiger partial charge in [0.15, 0.2) is 0 Å². The third-order valence-electron chi connectivity index (χ3n) is 1.28. The Hall–Kier alpha value is 0.137. The van der Waals surface area contributed by atoms with Gasteiger partial charge in [0.2, 0.25) is 0 Å². The van der Waals surface area contributed by atoms with Crippen LogP contribution in [0.2, 0.25) is 6.04 Å². The molecule has 0 saturated carbocycles. The number of nitrogens with two attached hydrogens (primary N) is 1. The van der Waals surface area contributed by atoms with E-state index in [1.807, 2.05) is 0 Å². The van der Waals surface area contributed by atoms with Gasteiger partial charge in [0.1, 0.15) is 0 Å². The topological polar surface area (TPSA) is 38.0 Å². The first-order chi connectivity index (χ1) is 4.41. The highest BCUT2D eigenvalue weighted by Gasteiger charge is 1.83. The Balaban J connectivity index is 2.60. The van der Waals surface area contributed by atoms with E-state index in [1.54, 1.807) is 0 Å². The van der Waals surface area contributed by atoms with Crippen molar-refractivity contribution in [2.45, 2.75) is 18.9 Å². The first-order valence-electron chi connectivity index (χ1n) is 3.82. The van der Waals surface area contributed by atoms with Crippen LogP contribution in [0.5, 0.6) is 0 Å². The van der Waals surface area contributed by atoms with Gasteiger partial charge in [-0.3, -0.25) is 0 Å². The maximum absolute atomic E-state index is 5.29. The molecule has 0 spiro atoms. The number of hydrogen-bond acceptors (Lipinski definition) is 2. The Labute approximate surface area is 60.6 Å². The molecule has 0 amide bonds. The van der Waals surface area contributed by atoms with Crippen LogP contribution < -0.4 is 11.1 Å². The minimum Gasteiger partial charge on any atom is -0.329 e. The largest absolute Gasteiger partial charge is 0.329 e. The Kier molecular flexibility index (Phi) is 8.26. The number of unbranched alkanes of at least 4 members (excludes halogenated alkanes) is 1. The highest BCUT2D eigenvalue weighted by Crippen LogP contribution is 1.88. The number of hydrogen-bond donors (Lipinski definition) is 2. The lowest BCUT2D eigenvalue weighted by Crippen LogP contribution is -2.23. The molecule has 56 valence electrons. The monoisotopic (exact) mass is 146 g/mol.